The molecule has 1 aromatic heterocycles. The van der Waals surface area contributed by atoms with E-state index in [1.807, 2.05) is 12.1 Å². The van der Waals surface area contributed by atoms with Gasteiger partial charge in [-0.1, -0.05) is 42.5 Å². The predicted molar refractivity (Wildman–Crippen MR) is 124 cm³/mol. The number of hydrogen-bond donors (Lipinski definition) is 2. The lowest BCUT2D eigenvalue weighted by atomic mass is 9.79. The maximum absolute atomic E-state index is 13.2. The number of benzene rings is 2. The summed E-state index contributed by atoms with van der Waals surface area (Å²) in [6.07, 6.45) is 6.40. The number of carbonyl (C=O) groups excluding carboxylic acids is 1. The number of rotatable bonds is 5. The van der Waals surface area contributed by atoms with E-state index in [0.29, 0.717) is 6.42 Å². The first-order valence-electron chi connectivity index (χ1n) is 10.9. The second-order valence-corrected chi connectivity index (χ2v) is 9.98. The Hall–Kier alpha value is -2.59. The van der Waals surface area contributed by atoms with Crippen molar-refractivity contribution >= 4 is 16.7 Å². The van der Waals surface area contributed by atoms with Gasteiger partial charge >= 0.3 is 0 Å². The Bertz CT molecular complexity index is 998. The Kier molecular flexibility index (Phi) is 5.46. The summed E-state index contributed by atoms with van der Waals surface area (Å²) >= 11 is 0. The Morgan fingerprint density at radius 2 is 1.63 bits per heavy atom. The molecule has 4 nitrogen and oxygen atoms in total. The highest BCUT2D eigenvalue weighted by molar-refractivity contribution is 5.87. The van der Waals surface area contributed by atoms with E-state index in [4.69, 9.17) is 0 Å². The Morgan fingerprint density at radius 3 is 2.33 bits per heavy atom. The topological polar surface area (TPSA) is 46.1 Å². The molecule has 1 saturated heterocycles. The Morgan fingerprint density at radius 1 is 1.00 bits per heavy atom. The van der Waals surface area contributed by atoms with E-state index in [0.717, 1.165) is 12.8 Å². The largest absolute Gasteiger partial charge is 0.353 e. The van der Waals surface area contributed by atoms with E-state index >= 15 is 0 Å². The average molecular weight is 404 g/mol. The lowest BCUT2D eigenvalue weighted by Gasteiger charge is -2.46. The summed E-state index contributed by atoms with van der Waals surface area (Å²) in [6.45, 7) is 8.86. The number of aromatic nitrogens is 1. The van der Waals surface area contributed by atoms with Crippen molar-refractivity contribution in [2.45, 2.75) is 70.1 Å². The van der Waals surface area contributed by atoms with Crippen molar-refractivity contribution in [3.8, 4) is 0 Å². The lowest BCUT2D eigenvalue weighted by Crippen LogP contribution is -2.62. The zero-order valence-corrected chi connectivity index (χ0v) is 18.5. The molecule has 4 rings (SSSR count). The van der Waals surface area contributed by atoms with E-state index in [-0.39, 0.29) is 29.1 Å². The van der Waals surface area contributed by atoms with Gasteiger partial charge < -0.3 is 15.2 Å². The molecule has 2 aromatic carbocycles. The van der Waals surface area contributed by atoms with Gasteiger partial charge in [-0.25, -0.2) is 0 Å². The van der Waals surface area contributed by atoms with Crippen molar-refractivity contribution in [3.05, 3.63) is 72.6 Å². The van der Waals surface area contributed by atoms with Crippen molar-refractivity contribution in [2.24, 2.45) is 0 Å². The smallest absolute Gasteiger partial charge is 0.222 e. The third kappa shape index (κ3) is 4.59. The zero-order chi connectivity index (χ0) is 21.4. The van der Waals surface area contributed by atoms with Crippen molar-refractivity contribution in [3.63, 3.8) is 0 Å². The summed E-state index contributed by atoms with van der Waals surface area (Å²) in [4.78, 5) is 13.2. The normalized spacial score (nSPS) is 19.5. The summed E-state index contributed by atoms with van der Waals surface area (Å²) in [7, 11) is 0. The average Bonchev–Trinajstić information content (AvgIpc) is 3.17. The monoisotopic (exact) mass is 403 g/mol. The molecule has 1 unspecified atom stereocenters. The minimum Gasteiger partial charge on any atom is -0.353 e. The molecule has 2 N–H and O–H groups in total. The molecule has 1 amide bonds. The highest BCUT2D eigenvalue weighted by atomic mass is 16.1. The number of carbonyl (C=O) groups is 1. The van der Waals surface area contributed by atoms with Gasteiger partial charge in [0.05, 0.1) is 12.5 Å². The molecule has 3 aromatic rings. The maximum atomic E-state index is 13.2. The quantitative estimate of drug-likeness (QED) is 0.626. The molecule has 1 atom stereocenters. The number of amides is 1. The first-order chi connectivity index (χ1) is 14.2. The minimum absolute atomic E-state index is 0.00909. The van der Waals surface area contributed by atoms with Crippen LogP contribution in [-0.4, -0.2) is 27.6 Å². The molecule has 0 saturated carbocycles. The fourth-order valence-electron chi connectivity index (χ4n) is 5.36. The Labute approximate surface area is 179 Å². The second kappa shape index (κ2) is 7.92. The van der Waals surface area contributed by atoms with Crippen LogP contribution in [0.15, 0.2) is 67.0 Å². The molecule has 4 heteroatoms. The molecule has 1 fully saturated rings. The van der Waals surface area contributed by atoms with E-state index < -0.39 is 0 Å². The third-order valence-corrected chi connectivity index (χ3v) is 6.10. The molecular formula is C26H33N3O. The molecule has 0 spiro atoms. The van der Waals surface area contributed by atoms with E-state index in [2.05, 4.69) is 97.8 Å². The Balaban J connectivity index is 1.58. The van der Waals surface area contributed by atoms with Gasteiger partial charge in [0.2, 0.25) is 5.91 Å². The molecule has 2 heterocycles. The van der Waals surface area contributed by atoms with Gasteiger partial charge in [-0.3, -0.25) is 4.79 Å². The SMILES string of the molecule is CC1(C)CC(NC(=O)CC(c2cccc3ccccc23)n2cccc2)CC(C)(C)N1. The van der Waals surface area contributed by atoms with Crippen molar-refractivity contribution < 1.29 is 4.79 Å². The van der Waals surface area contributed by atoms with Gasteiger partial charge in [-0.2, -0.15) is 0 Å². The number of nitrogens with zero attached hydrogens (tertiary/aromatic N) is 1. The van der Waals surface area contributed by atoms with Crippen molar-refractivity contribution in [1.82, 2.24) is 15.2 Å². The van der Waals surface area contributed by atoms with Gasteiger partial charge in [0.1, 0.15) is 0 Å². The third-order valence-electron chi connectivity index (χ3n) is 6.10. The summed E-state index contributed by atoms with van der Waals surface area (Å²) < 4.78 is 2.15. The standard InChI is InChI=1S/C26H33N3O/c1-25(2)17-20(18-26(3,4)28-25)27-24(30)16-23(29-14-7-8-15-29)22-13-9-11-19-10-5-6-12-21(19)22/h5-15,20,23,28H,16-18H2,1-4H3,(H,27,30). The van der Waals surface area contributed by atoms with E-state index in [9.17, 15) is 4.79 Å². The van der Waals surface area contributed by atoms with Crippen LogP contribution in [0, 0.1) is 0 Å². The van der Waals surface area contributed by atoms with Gasteiger partial charge in [0.15, 0.2) is 0 Å². The molecular weight excluding hydrogens is 370 g/mol. The van der Waals surface area contributed by atoms with E-state index in [1.165, 1.54) is 16.3 Å². The molecule has 1 aliphatic heterocycles. The highest BCUT2D eigenvalue weighted by Gasteiger charge is 2.38. The van der Waals surface area contributed by atoms with Gasteiger partial charge in [-0.05, 0) is 69.0 Å². The first-order valence-corrected chi connectivity index (χ1v) is 10.9. The fraction of sp³-hybridized carbons (Fsp3) is 0.423. The van der Waals surface area contributed by atoms with Crippen LogP contribution < -0.4 is 10.6 Å². The van der Waals surface area contributed by atoms with Crippen LogP contribution in [0.1, 0.15) is 58.6 Å². The van der Waals surface area contributed by atoms with Gasteiger partial charge in [0, 0.05) is 29.5 Å². The number of nitrogens with one attached hydrogen (secondary N) is 2. The predicted octanol–water partition coefficient (Wildman–Crippen LogP) is 5.05. The molecule has 0 radical (unpaired) electrons. The van der Waals surface area contributed by atoms with Crippen LogP contribution >= 0.6 is 0 Å². The zero-order valence-electron chi connectivity index (χ0n) is 18.5. The van der Waals surface area contributed by atoms with Gasteiger partial charge in [0.25, 0.3) is 0 Å². The van der Waals surface area contributed by atoms with Crippen molar-refractivity contribution in [1.29, 1.82) is 0 Å². The fourth-order valence-corrected chi connectivity index (χ4v) is 5.36. The molecule has 158 valence electrons. The van der Waals surface area contributed by atoms with Crippen LogP contribution in [0.5, 0.6) is 0 Å². The van der Waals surface area contributed by atoms with E-state index in [1.54, 1.807) is 0 Å². The first kappa shape index (κ1) is 20.7. The molecule has 0 aliphatic carbocycles. The van der Waals surface area contributed by atoms with Crippen LogP contribution in [0.2, 0.25) is 0 Å². The number of piperidine rings is 1. The highest BCUT2D eigenvalue weighted by Crippen LogP contribution is 2.31. The van der Waals surface area contributed by atoms with Crippen LogP contribution in [0.3, 0.4) is 0 Å². The summed E-state index contributed by atoms with van der Waals surface area (Å²) in [5.74, 6) is 0.111. The van der Waals surface area contributed by atoms with Crippen LogP contribution in [-0.2, 0) is 4.79 Å². The maximum Gasteiger partial charge on any atom is 0.222 e. The molecule has 0 bridgehead atoms. The number of hydrogen-bond acceptors (Lipinski definition) is 2. The van der Waals surface area contributed by atoms with Gasteiger partial charge in [-0.15, -0.1) is 0 Å². The summed E-state index contributed by atoms with van der Waals surface area (Å²) in [5.41, 5.74) is 1.20. The summed E-state index contributed by atoms with van der Waals surface area (Å²) in [5, 5.41) is 9.44. The summed E-state index contributed by atoms with van der Waals surface area (Å²) in [6, 6.07) is 19.0. The second-order valence-electron chi connectivity index (χ2n) is 9.98. The van der Waals surface area contributed by atoms with Crippen LogP contribution in [0.4, 0.5) is 0 Å². The number of fused-ring (bicyclic) bond motifs is 1. The molecule has 1 aliphatic rings. The minimum atomic E-state index is -0.0335. The lowest BCUT2D eigenvalue weighted by molar-refractivity contribution is -0.122. The van der Waals surface area contributed by atoms with Crippen molar-refractivity contribution in [2.75, 3.05) is 0 Å². The van der Waals surface area contributed by atoms with Crippen LogP contribution in [0.25, 0.3) is 10.8 Å². The molecule has 30 heavy (non-hydrogen) atoms.